The third kappa shape index (κ3) is 5.36. The summed E-state index contributed by atoms with van der Waals surface area (Å²) in [7, 11) is -3.21. The molecule has 284 valence electrons. The lowest BCUT2D eigenvalue weighted by molar-refractivity contribution is 1.05. The van der Waals surface area contributed by atoms with Crippen molar-refractivity contribution in [1.29, 1.82) is 0 Å². The van der Waals surface area contributed by atoms with Crippen molar-refractivity contribution < 1.29 is 0 Å². The van der Waals surface area contributed by atoms with Crippen LogP contribution in [0.4, 0.5) is 22.7 Å². The smallest absolute Gasteiger partial charge is 0.196 e. The van der Waals surface area contributed by atoms with Crippen LogP contribution in [0.3, 0.4) is 0 Å². The summed E-state index contributed by atoms with van der Waals surface area (Å²) in [4.78, 5) is 2.57. The summed E-state index contributed by atoms with van der Waals surface area (Å²) >= 11 is 0. The van der Waals surface area contributed by atoms with E-state index in [-0.39, 0.29) is 0 Å². The Bertz CT molecular complexity index is 3070. The van der Waals surface area contributed by atoms with E-state index >= 15 is 0 Å². The van der Waals surface area contributed by atoms with Gasteiger partial charge in [-0.1, -0.05) is 212 Å². The SMILES string of the molecule is CC1=[N+]2c3c(-c4ccccc4)cccc3-c3ccccc3-c3ccccc3-c3cccc(c32)[Si](c2ccccc2)(c2ccccc2)c2ccccc2N1c1ccccc1C. The summed E-state index contributed by atoms with van der Waals surface area (Å²) in [5, 5.41) is 5.39. The molecule has 0 N–H and O–H groups in total. The lowest BCUT2D eigenvalue weighted by atomic mass is 9.88. The van der Waals surface area contributed by atoms with E-state index in [1.54, 1.807) is 0 Å². The number of fused-ring (bicyclic) bond motifs is 8. The van der Waals surface area contributed by atoms with Crippen LogP contribution < -0.4 is 30.2 Å². The van der Waals surface area contributed by atoms with Gasteiger partial charge in [-0.25, -0.2) is 0 Å². The average molecular weight is 784 g/mol. The second kappa shape index (κ2) is 14.5. The van der Waals surface area contributed by atoms with E-state index < -0.39 is 8.07 Å². The van der Waals surface area contributed by atoms with Gasteiger partial charge in [0.25, 0.3) is 5.84 Å². The van der Waals surface area contributed by atoms with Crippen LogP contribution in [0.5, 0.6) is 0 Å². The van der Waals surface area contributed by atoms with Crippen LogP contribution in [0.1, 0.15) is 12.5 Å². The summed E-state index contributed by atoms with van der Waals surface area (Å²) in [5.41, 5.74) is 15.6. The van der Waals surface area contributed by atoms with Gasteiger partial charge in [0.2, 0.25) is 0 Å². The normalized spacial score (nSPS) is 13.5. The van der Waals surface area contributed by atoms with Gasteiger partial charge in [-0.2, -0.15) is 9.48 Å². The fourth-order valence-electron chi connectivity index (χ4n) is 10.2. The molecule has 2 aliphatic heterocycles. The molecule has 11 rings (SSSR count). The summed E-state index contributed by atoms with van der Waals surface area (Å²) in [6.45, 7) is 4.58. The van der Waals surface area contributed by atoms with Gasteiger partial charge in [0.05, 0.1) is 0 Å². The Kier molecular flexibility index (Phi) is 8.65. The minimum atomic E-state index is -3.21. The molecule has 2 aliphatic rings. The Morgan fingerprint density at radius 2 is 0.750 bits per heavy atom. The van der Waals surface area contributed by atoms with Crippen LogP contribution in [0, 0.1) is 6.92 Å². The Morgan fingerprint density at radius 3 is 1.35 bits per heavy atom. The number of hydrogen-bond acceptors (Lipinski definition) is 1. The first-order chi connectivity index (χ1) is 29.7. The van der Waals surface area contributed by atoms with E-state index in [4.69, 9.17) is 0 Å². The number of benzene rings is 9. The molecule has 0 bridgehead atoms. The Balaban J connectivity index is 1.47. The maximum atomic E-state index is 2.66. The van der Waals surface area contributed by atoms with E-state index in [2.05, 4.69) is 248 Å². The highest BCUT2D eigenvalue weighted by atomic mass is 28.3. The van der Waals surface area contributed by atoms with Gasteiger partial charge in [0, 0.05) is 34.0 Å². The average Bonchev–Trinajstić information content (AvgIpc) is 3.35. The van der Waals surface area contributed by atoms with Gasteiger partial charge < -0.3 is 0 Å². The van der Waals surface area contributed by atoms with Gasteiger partial charge in [-0.15, -0.1) is 0 Å². The Hall–Kier alpha value is -7.33. The number of aryl methyl sites for hydroxylation is 1. The van der Waals surface area contributed by atoms with Gasteiger partial charge in [-0.3, -0.25) is 0 Å². The van der Waals surface area contributed by atoms with Crippen LogP contribution in [0.15, 0.2) is 224 Å². The molecule has 0 spiro atoms. The molecular formula is C57H43N2Si+. The van der Waals surface area contributed by atoms with Crippen molar-refractivity contribution >= 4 is 57.4 Å². The van der Waals surface area contributed by atoms with Gasteiger partial charge in [0.15, 0.2) is 8.07 Å². The van der Waals surface area contributed by atoms with Crippen molar-refractivity contribution in [1.82, 2.24) is 4.58 Å². The molecule has 0 unspecified atom stereocenters. The largest absolute Gasteiger partial charge is 0.264 e. The number of anilines is 2. The number of hydrogen-bond donors (Lipinski definition) is 0. The van der Waals surface area contributed by atoms with Crippen LogP contribution in [0.25, 0.3) is 44.5 Å². The standard InChI is InChI=1S/C57H43N2Si/c1-40-22-12-17-36-52(40)58-41(2)59-56-45(42-23-6-3-7-24-42)33-20-34-50(56)48-31-15-13-29-46(48)47-30-14-16-32-49(47)51-35-21-39-55(57(51)59)60(43-25-8-4-9-26-43,44-27-10-5-11-28-44)54-38-19-18-37-53(54)58/h3-39H,1-2H3/q+1. The lowest BCUT2D eigenvalue weighted by Gasteiger charge is -2.40. The zero-order valence-electron chi connectivity index (χ0n) is 33.8. The molecule has 0 aromatic heterocycles. The summed E-state index contributed by atoms with van der Waals surface area (Å²) < 4.78 is 2.66. The van der Waals surface area contributed by atoms with Crippen molar-refractivity contribution in [2.75, 3.05) is 4.90 Å². The zero-order chi connectivity index (χ0) is 40.2. The van der Waals surface area contributed by atoms with Gasteiger partial charge >= 0.3 is 0 Å². The minimum absolute atomic E-state index is 1.11. The van der Waals surface area contributed by atoms with Crippen LogP contribution >= 0.6 is 0 Å². The predicted octanol–water partition coefficient (Wildman–Crippen LogP) is 11.8. The lowest BCUT2D eigenvalue weighted by Crippen LogP contribution is -2.76. The highest BCUT2D eigenvalue weighted by molar-refractivity contribution is 7.21. The molecule has 0 saturated heterocycles. The fourth-order valence-corrected chi connectivity index (χ4v) is 15.3. The maximum Gasteiger partial charge on any atom is 0.264 e. The van der Waals surface area contributed by atoms with Crippen molar-refractivity contribution in [2.24, 2.45) is 0 Å². The van der Waals surface area contributed by atoms with Gasteiger partial charge in [-0.05, 0) is 62.8 Å². The van der Waals surface area contributed by atoms with Crippen molar-refractivity contribution in [3.63, 3.8) is 0 Å². The highest BCUT2D eigenvalue weighted by Crippen LogP contribution is 2.50. The monoisotopic (exact) mass is 783 g/mol. The third-order valence-corrected chi connectivity index (χ3v) is 17.5. The van der Waals surface area contributed by atoms with E-state index in [1.807, 2.05) is 0 Å². The second-order valence-electron chi connectivity index (χ2n) is 15.9. The van der Waals surface area contributed by atoms with E-state index in [0.717, 1.165) is 17.2 Å². The number of amidine groups is 1. The molecular weight excluding hydrogens is 741 g/mol. The van der Waals surface area contributed by atoms with E-state index in [9.17, 15) is 0 Å². The summed E-state index contributed by atoms with van der Waals surface area (Å²) in [6, 6.07) is 84.0. The third-order valence-electron chi connectivity index (χ3n) is 12.7. The summed E-state index contributed by atoms with van der Waals surface area (Å²) in [6.07, 6.45) is 0. The zero-order valence-corrected chi connectivity index (χ0v) is 34.8. The van der Waals surface area contributed by atoms with Crippen molar-refractivity contribution in [3.8, 4) is 44.5 Å². The molecule has 0 amide bonds. The maximum absolute atomic E-state index is 3.21. The van der Waals surface area contributed by atoms with Crippen molar-refractivity contribution in [3.05, 3.63) is 230 Å². The molecule has 3 heteroatoms. The molecule has 0 atom stereocenters. The van der Waals surface area contributed by atoms with Crippen LogP contribution in [-0.2, 0) is 0 Å². The predicted molar refractivity (Wildman–Crippen MR) is 257 cm³/mol. The van der Waals surface area contributed by atoms with E-state index in [1.165, 1.54) is 82.2 Å². The quantitative estimate of drug-likeness (QED) is 0.127. The number of para-hydroxylation sites is 4. The molecule has 9 aromatic carbocycles. The molecule has 0 aliphatic carbocycles. The highest BCUT2D eigenvalue weighted by Gasteiger charge is 2.51. The van der Waals surface area contributed by atoms with Crippen molar-refractivity contribution in [2.45, 2.75) is 13.8 Å². The molecule has 9 aromatic rings. The van der Waals surface area contributed by atoms with Gasteiger partial charge in [0.1, 0.15) is 22.7 Å². The Morgan fingerprint density at radius 1 is 0.333 bits per heavy atom. The second-order valence-corrected chi connectivity index (χ2v) is 19.6. The molecule has 0 fully saturated rings. The topological polar surface area (TPSA) is 6.25 Å². The molecule has 2 heterocycles. The molecule has 0 saturated carbocycles. The first-order valence-electron chi connectivity index (χ1n) is 20.9. The van der Waals surface area contributed by atoms with Crippen LogP contribution in [0.2, 0.25) is 0 Å². The minimum Gasteiger partial charge on any atom is -0.196 e. The molecule has 60 heavy (non-hydrogen) atoms. The molecule has 2 nitrogen and oxygen atoms in total. The first-order valence-corrected chi connectivity index (χ1v) is 22.9. The van der Waals surface area contributed by atoms with Crippen LogP contribution in [-0.4, -0.2) is 13.9 Å². The summed E-state index contributed by atoms with van der Waals surface area (Å²) in [5.74, 6) is 1.11. The fraction of sp³-hybridized carbons (Fsp3) is 0.0351. The molecule has 0 radical (unpaired) electrons. The number of rotatable bonds is 4. The number of nitrogens with zero attached hydrogens (tertiary/aromatic N) is 2. The van der Waals surface area contributed by atoms with E-state index in [0.29, 0.717) is 0 Å². The Labute approximate surface area is 353 Å². The first kappa shape index (κ1) is 35.8.